The molecule has 78 valence electrons. The molecule has 0 spiro atoms. The van der Waals surface area contributed by atoms with E-state index in [1.807, 2.05) is 12.3 Å². The van der Waals surface area contributed by atoms with E-state index in [0.717, 1.165) is 22.8 Å². The second kappa shape index (κ2) is 5.15. The third-order valence-electron chi connectivity index (χ3n) is 2.13. The Labute approximate surface area is 89.6 Å². The zero-order valence-corrected chi connectivity index (χ0v) is 9.90. The number of methoxy groups -OCH3 is 2. The maximum Gasteiger partial charge on any atom is 0.174 e. The van der Waals surface area contributed by atoms with Crippen molar-refractivity contribution in [3.8, 4) is 11.5 Å². The van der Waals surface area contributed by atoms with E-state index in [-0.39, 0.29) is 0 Å². The molecule has 0 aromatic heterocycles. The standard InChI is InChI=1S/C11H16O2S/c1-5-8-6-9(12-2)11(13-3)10(7-8)14-4/h6-7H,5H2,1-4H3. The lowest BCUT2D eigenvalue weighted by atomic mass is 10.1. The lowest BCUT2D eigenvalue weighted by Gasteiger charge is -2.12. The van der Waals surface area contributed by atoms with Gasteiger partial charge in [-0.1, -0.05) is 6.92 Å². The third kappa shape index (κ3) is 2.15. The summed E-state index contributed by atoms with van der Waals surface area (Å²) in [6, 6.07) is 4.17. The van der Waals surface area contributed by atoms with Crippen LogP contribution in [0.2, 0.25) is 0 Å². The first-order valence-corrected chi connectivity index (χ1v) is 5.78. The van der Waals surface area contributed by atoms with Gasteiger partial charge in [0.15, 0.2) is 11.5 Å². The smallest absolute Gasteiger partial charge is 0.174 e. The minimum atomic E-state index is 0.816. The number of ether oxygens (including phenoxy) is 2. The first kappa shape index (κ1) is 11.2. The van der Waals surface area contributed by atoms with Gasteiger partial charge in [-0.25, -0.2) is 0 Å². The zero-order valence-electron chi connectivity index (χ0n) is 9.09. The molecule has 1 rings (SSSR count). The average molecular weight is 212 g/mol. The summed E-state index contributed by atoms with van der Waals surface area (Å²) in [7, 11) is 3.34. The van der Waals surface area contributed by atoms with E-state index in [4.69, 9.17) is 9.47 Å². The van der Waals surface area contributed by atoms with Crippen LogP contribution in [0, 0.1) is 0 Å². The van der Waals surface area contributed by atoms with Crippen LogP contribution in [-0.2, 0) is 6.42 Å². The average Bonchev–Trinajstić information content (AvgIpc) is 2.26. The normalized spacial score (nSPS) is 10.0. The summed E-state index contributed by atoms with van der Waals surface area (Å²) in [6.45, 7) is 2.13. The van der Waals surface area contributed by atoms with Crippen LogP contribution in [0.1, 0.15) is 12.5 Å². The Morgan fingerprint density at radius 2 is 1.93 bits per heavy atom. The van der Waals surface area contributed by atoms with Crippen molar-refractivity contribution >= 4 is 11.8 Å². The maximum absolute atomic E-state index is 5.31. The summed E-state index contributed by atoms with van der Waals surface area (Å²) in [5, 5.41) is 0. The number of rotatable bonds is 4. The van der Waals surface area contributed by atoms with Crippen molar-refractivity contribution in [3.63, 3.8) is 0 Å². The van der Waals surface area contributed by atoms with Crippen molar-refractivity contribution in [2.45, 2.75) is 18.2 Å². The van der Waals surface area contributed by atoms with E-state index < -0.39 is 0 Å². The molecule has 0 aliphatic rings. The summed E-state index contributed by atoms with van der Waals surface area (Å²) in [5.41, 5.74) is 1.27. The minimum Gasteiger partial charge on any atom is -0.493 e. The van der Waals surface area contributed by atoms with E-state index in [9.17, 15) is 0 Å². The van der Waals surface area contributed by atoms with Gasteiger partial charge in [0.25, 0.3) is 0 Å². The van der Waals surface area contributed by atoms with Crippen LogP contribution < -0.4 is 9.47 Å². The topological polar surface area (TPSA) is 18.5 Å². The lowest BCUT2D eigenvalue weighted by Crippen LogP contribution is -1.94. The van der Waals surface area contributed by atoms with E-state index >= 15 is 0 Å². The molecule has 3 heteroatoms. The van der Waals surface area contributed by atoms with E-state index in [2.05, 4.69) is 13.0 Å². The molecule has 0 unspecified atom stereocenters. The number of benzene rings is 1. The van der Waals surface area contributed by atoms with Crippen molar-refractivity contribution in [2.24, 2.45) is 0 Å². The Morgan fingerprint density at radius 1 is 1.21 bits per heavy atom. The third-order valence-corrected chi connectivity index (χ3v) is 2.88. The highest BCUT2D eigenvalue weighted by atomic mass is 32.2. The molecule has 0 bridgehead atoms. The zero-order chi connectivity index (χ0) is 10.6. The predicted octanol–water partition coefficient (Wildman–Crippen LogP) is 2.99. The summed E-state index contributed by atoms with van der Waals surface area (Å²) < 4.78 is 10.6. The van der Waals surface area contributed by atoms with Gasteiger partial charge in [0.05, 0.1) is 19.1 Å². The van der Waals surface area contributed by atoms with Crippen LogP contribution >= 0.6 is 11.8 Å². The summed E-state index contributed by atoms with van der Waals surface area (Å²) >= 11 is 1.67. The molecule has 0 N–H and O–H groups in total. The molecule has 0 amide bonds. The van der Waals surface area contributed by atoms with Gasteiger partial charge < -0.3 is 9.47 Å². The highest BCUT2D eigenvalue weighted by Crippen LogP contribution is 2.37. The molecular formula is C11H16O2S. The number of hydrogen-bond donors (Lipinski definition) is 0. The van der Waals surface area contributed by atoms with Crippen molar-refractivity contribution in [1.82, 2.24) is 0 Å². The molecule has 1 aromatic carbocycles. The van der Waals surface area contributed by atoms with Crippen LogP contribution in [-0.4, -0.2) is 20.5 Å². The Hall–Kier alpha value is -0.830. The maximum atomic E-state index is 5.31. The van der Waals surface area contributed by atoms with Crippen LogP contribution in [0.5, 0.6) is 11.5 Å². The van der Waals surface area contributed by atoms with Crippen LogP contribution in [0.3, 0.4) is 0 Å². The summed E-state index contributed by atoms with van der Waals surface area (Å²) in [5.74, 6) is 1.65. The first-order valence-electron chi connectivity index (χ1n) is 4.55. The van der Waals surface area contributed by atoms with E-state index in [0.29, 0.717) is 0 Å². The molecule has 0 radical (unpaired) electrons. The number of aryl methyl sites for hydroxylation is 1. The second-order valence-electron chi connectivity index (χ2n) is 2.89. The second-order valence-corrected chi connectivity index (χ2v) is 3.74. The lowest BCUT2D eigenvalue weighted by molar-refractivity contribution is 0.347. The first-order chi connectivity index (χ1) is 6.76. The monoisotopic (exact) mass is 212 g/mol. The number of thioether (sulfide) groups is 1. The van der Waals surface area contributed by atoms with Crippen molar-refractivity contribution < 1.29 is 9.47 Å². The molecule has 0 aliphatic heterocycles. The molecule has 0 heterocycles. The van der Waals surface area contributed by atoms with Gasteiger partial charge in [0.2, 0.25) is 0 Å². The fourth-order valence-corrected chi connectivity index (χ4v) is 1.98. The van der Waals surface area contributed by atoms with Crippen LogP contribution in [0.15, 0.2) is 17.0 Å². The van der Waals surface area contributed by atoms with E-state index in [1.165, 1.54) is 5.56 Å². The van der Waals surface area contributed by atoms with Gasteiger partial charge in [-0.15, -0.1) is 11.8 Å². The predicted molar refractivity (Wildman–Crippen MR) is 60.7 cm³/mol. The Bertz CT molecular complexity index is 285. The van der Waals surface area contributed by atoms with Crippen molar-refractivity contribution in [1.29, 1.82) is 0 Å². The van der Waals surface area contributed by atoms with Gasteiger partial charge >= 0.3 is 0 Å². The SMILES string of the molecule is CCc1cc(OC)c(OC)c(SC)c1. The number of hydrogen-bond acceptors (Lipinski definition) is 3. The Morgan fingerprint density at radius 3 is 2.36 bits per heavy atom. The Kier molecular flexibility index (Phi) is 4.14. The molecule has 2 nitrogen and oxygen atoms in total. The van der Waals surface area contributed by atoms with Gasteiger partial charge in [0.1, 0.15) is 0 Å². The highest BCUT2D eigenvalue weighted by Gasteiger charge is 2.10. The summed E-state index contributed by atoms with van der Waals surface area (Å²) in [4.78, 5) is 1.13. The molecule has 0 fully saturated rings. The molecular weight excluding hydrogens is 196 g/mol. The highest BCUT2D eigenvalue weighted by molar-refractivity contribution is 7.98. The molecule has 0 saturated carbocycles. The summed E-state index contributed by atoms with van der Waals surface area (Å²) in [6.07, 6.45) is 3.05. The molecule has 0 atom stereocenters. The molecule has 0 saturated heterocycles. The fourth-order valence-electron chi connectivity index (χ4n) is 1.34. The Balaban J connectivity index is 3.24. The quantitative estimate of drug-likeness (QED) is 0.715. The molecule has 14 heavy (non-hydrogen) atoms. The largest absolute Gasteiger partial charge is 0.493 e. The van der Waals surface area contributed by atoms with Crippen LogP contribution in [0.25, 0.3) is 0 Å². The van der Waals surface area contributed by atoms with Crippen molar-refractivity contribution in [2.75, 3.05) is 20.5 Å². The van der Waals surface area contributed by atoms with Gasteiger partial charge in [-0.3, -0.25) is 0 Å². The van der Waals surface area contributed by atoms with Gasteiger partial charge in [0, 0.05) is 0 Å². The fraction of sp³-hybridized carbons (Fsp3) is 0.455. The molecule has 1 aromatic rings. The van der Waals surface area contributed by atoms with Gasteiger partial charge in [-0.05, 0) is 30.4 Å². The van der Waals surface area contributed by atoms with Crippen LogP contribution in [0.4, 0.5) is 0 Å². The van der Waals surface area contributed by atoms with Crippen molar-refractivity contribution in [3.05, 3.63) is 17.7 Å². The van der Waals surface area contributed by atoms with Gasteiger partial charge in [-0.2, -0.15) is 0 Å². The minimum absolute atomic E-state index is 0.816. The van der Waals surface area contributed by atoms with E-state index in [1.54, 1.807) is 26.0 Å². The molecule has 0 aliphatic carbocycles.